The Morgan fingerprint density at radius 2 is 1.24 bits per heavy atom. The van der Waals surface area contributed by atoms with Gasteiger partial charge in [0, 0.05) is 57.6 Å². The number of carboxylic acid groups (broad SMARTS) is 2. The number of hydrogen-bond acceptors (Lipinski definition) is 4. The van der Waals surface area contributed by atoms with Crippen LogP contribution in [-0.2, 0) is 27.8 Å². The molecule has 1 atom stereocenters. The molecule has 8 nitrogen and oxygen atoms in total. The molecule has 2 aliphatic rings. The molecule has 0 fully saturated rings. The van der Waals surface area contributed by atoms with Crippen molar-refractivity contribution in [3.8, 4) is 0 Å². The fourth-order valence-electron chi connectivity index (χ4n) is 5.87. The van der Waals surface area contributed by atoms with Crippen LogP contribution in [0.4, 0.5) is 0 Å². The van der Waals surface area contributed by atoms with E-state index in [4.69, 9.17) is 9.97 Å². The molecular weight excluding hydrogens is 516 g/mol. The van der Waals surface area contributed by atoms with Crippen LogP contribution in [0.15, 0.2) is 24.3 Å². The summed E-state index contributed by atoms with van der Waals surface area (Å²) in [7, 11) is 0. The van der Waals surface area contributed by atoms with Crippen molar-refractivity contribution >= 4 is 45.2 Å². The normalized spacial score (nSPS) is 16.3. The number of carboxylic acids is 2. The molecule has 0 saturated heterocycles. The molecule has 8 bridgehead atoms. The van der Waals surface area contributed by atoms with E-state index in [1.165, 1.54) is 0 Å². The zero-order chi connectivity index (χ0) is 29.8. The number of hydrogen-bond donors (Lipinski definition) is 4. The quantitative estimate of drug-likeness (QED) is 0.259. The molecule has 3 aromatic rings. The molecule has 3 aromatic heterocycles. The van der Waals surface area contributed by atoms with E-state index < -0.39 is 11.9 Å². The van der Waals surface area contributed by atoms with Crippen LogP contribution in [0.2, 0.25) is 0 Å². The number of aryl methyl sites for hydroxylation is 4. The van der Waals surface area contributed by atoms with Gasteiger partial charge in [-0.25, -0.2) is 4.98 Å². The van der Waals surface area contributed by atoms with Crippen molar-refractivity contribution in [2.45, 2.75) is 85.5 Å². The van der Waals surface area contributed by atoms with Crippen molar-refractivity contribution in [3.05, 3.63) is 69.3 Å². The number of aromatic amines is 2. The summed E-state index contributed by atoms with van der Waals surface area (Å²) in [6.07, 6.45) is 0.755. The van der Waals surface area contributed by atoms with Gasteiger partial charge in [0.25, 0.3) is 0 Å². The van der Waals surface area contributed by atoms with E-state index in [1.807, 2.05) is 26.0 Å². The monoisotopic (exact) mass is 554 g/mol. The average molecular weight is 555 g/mol. The lowest BCUT2D eigenvalue weighted by Gasteiger charge is -2.23. The van der Waals surface area contributed by atoms with Gasteiger partial charge in [-0.05, 0) is 98.2 Å². The Balaban J connectivity index is 1.93. The van der Waals surface area contributed by atoms with Crippen molar-refractivity contribution in [1.29, 1.82) is 0 Å². The van der Waals surface area contributed by atoms with E-state index >= 15 is 0 Å². The summed E-state index contributed by atoms with van der Waals surface area (Å²) in [6, 6.07) is 8.22. The second kappa shape index (κ2) is 10.3. The van der Waals surface area contributed by atoms with Crippen molar-refractivity contribution in [1.82, 2.24) is 19.9 Å². The molecule has 1 unspecified atom stereocenters. The number of allylic oxidation sites excluding steroid dienone is 2. The Labute approximate surface area is 239 Å². The maximum Gasteiger partial charge on any atom is 0.303 e. The Morgan fingerprint density at radius 3 is 1.76 bits per heavy atom. The van der Waals surface area contributed by atoms with Crippen LogP contribution in [0.25, 0.3) is 33.2 Å². The SMILES string of the molecule is CC1=C(C)c2cc3[nH]c(cc4[nH]c(cc5nc(cc1n2)C(C)(C)C5C)c(C)c4CCC(=O)O)c(CCC(=O)O)c3C. The zero-order valence-electron chi connectivity index (χ0n) is 24.8. The molecule has 2 aliphatic heterocycles. The van der Waals surface area contributed by atoms with Crippen LogP contribution in [0.1, 0.15) is 98.4 Å². The molecule has 0 spiro atoms. The second-order valence-corrected chi connectivity index (χ2v) is 12.0. The Hall–Kier alpha value is -4.20. The minimum absolute atomic E-state index is 0.00556. The van der Waals surface area contributed by atoms with E-state index in [0.29, 0.717) is 12.8 Å². The molecule has 0 aliphatic carbocycles. The first-order valence-electron chi connectivity index (χ1n) is 14.1. The van der Waals surface area contributed by atoms with Gasteiger partial charge in [-0.1, -0.05) is 20.8 Å². The molecular formula is C33H38N4O4. The van der Waals surface area contributed by atoms with E-state index in [2.05, 4.69) is 56.7 Å². The minimum atomic E-state index is -0.857. The van der Waals surface area contributed by atoms with E-state index in [0.717, 1.165) is 78.2 Å². The first-order valence-corrected chi connectivity index (χ1v) is 14.1. The number of nitrogens with one attached hydrogen (secondary N) is 2. The van der Waals surface area contributed by atoms with Crippen molar-refractivity contribution < 1.29 is 19.8 Å². The largest absolute Gasteiger partial charge is 0.481 e. The molecule has 0 amide bonds. The summed E-state index contributed by atoms with van der Waals surface area (Å²) in [5.41, 5.74) is 12.9. The van der Waals surface area contributed by atoms with Crippen LogP contribution in [0, 0.1) is 13.8 Å². The Bertz CT molecular complexity index is 1790. The van der Waals surface area contributed by atoms with Crippen molar-refractivity contribution in [2.75, 3.05) is 0 Å². The molecule has 0 aromatic carbocycles. The lowest BCUT2D eigenvalue weighted by Crippen LogP contribution is -2.19. The number of carbonyl (C=O) groups is 2. The third kappa shape index (κ3) is 5.07. The molecule has 41 heavy (non-hydrogen) atoms. The van der Waals surface area contributed by atoms with Gasteiger partial charge in [0.1, 0.15) is 0 Å². The number of rotatable bonds is 6. The van der Waals surface area contributed by atoms with Gasteiger partial charge in [-0.3, -0.25) is 14.6 Å². The van der Waals surface area contributed by atoms with Crippen molar-refractivity contribution in [3.63, 3.8) is 0 Å². The first-order chi connectivity index (χ1) is 19.3. The predicted octanol–water partition coefficient (Wildman–Crippen LogP) is 7.00. The smallest absolute Gasteiger partial charge is 0.303 e. The van der Waals surface area contributed by atoms with E-state index in [9.17, 15) is 19.8 Å². The summed E-state index contributed by atoms with van der Waals surface area (Å²) < 4.78 is 0. The molecule has 5 rings (SSSR count). The number of aromatic nitrogens is 4. The fraction of sp³-hybridized carbons (Fsp3) is 0.394. The first kappa shape index (κ1) is 28.3. The highest BCUT2D eigenvalue weighted by molar-refractivity contribution is 5.91. The number of fused-ring (bicyclic) bond motifs is 8. The van der Waals surface area contributed by atoms with Gasteiger partial charge in [0.2, 0.25) is 0 Å². The zero-order valence-corrected chi connectivity index (χ0v) is 24.8. The average Bonchev–Trinajstić information content (AvgIpc) is 3.51. The topological polar surface area (TPSA) is 132 Å². The van der Waals surface area contributed by atoms with Gasteiger partial charge in [-0.15, -0.1) is 0 Å². The van der Waals surface area contributed by atoms with Gasteiger partial charge in [-0.2, -0.15) is 0 Å². The van der Waals surface area contributed by atoms with Crippen LogP contribution < -0.4 is 0 Å². The molecule has 5 heterocycles. The minimum Gasteiger partial charge on any atom is -0.481 e. The van der Waals surface area contributed by atoms with Gasteiger partial charge < -0.3 is 20.2 Å². The summed E-state index contributed by atoms with van der Waals surface area (Å²) >= 11 is 0. The standard InChI is InChI=1S/C33H38N4O4/c1-16-17(2)26-15-30-33(6,7)20(5)27(37-30)13-25-19(4)22(9-11-32(40)41)29(36-25)14-28-21(8-10-31(38)39)18(3)24(35-28)12-23(16)34-26/h12-15,20,35-36H,8-11H2,1-7H3,(H,38,39)(H,40,41). The highest BCUT2D eigenvalue weighted by Gasteiger charge is 2.36. The summed E-state index contributed by atoms with van der Waals surface area (Å²) in [6.45, 7) is 14.8. The molecule has 4 N–H and O–H groups in total. The predicted molar refractivity (Wildman–Crippen MR) is 162 cm³/mol. The molecule has 214 valence electrons. The molecule has 8 heteroatoms. The highest BCUT2D eigenvalue weighted by atomic mass is 16.4. The van der Waals surface area contributed by atoms with E-state index in [-0.39, 0.29) is 24.2 Å². The maximum atomic E-state index is 11.5. The third-order valence-corrected chi connectivity index (χ3v) is 9.22. The maximum absolute atomic E-state index is 11.5. The van der Waals surface area contributed by atoms with Gasteiger partial charge >= 0.3 is 11.9 Å². The lowest BCUT2D eigenvalue weighted by atomic mass is 9.78. The number of aliphatic carboxylic acids is 2. The van der Waals surface area contributed by atoms with Crippen LogP contribution in [0.5, 0.6) is 0 Å². The molecule has 0 saturated carbocycles. The fourth-order valence-corrected chi connectivity index (χ4v) is 5.87. The number of H-pyrrole nitrogens is 2. The van der Waals surface area contributed by atoms with Gasteiger partial charge in [0.15, 0.2) is 0 Å². The van der Waals surface area contributed by atoms with E-state index in [1.54, 1.807) is 0 Å². The molecule has 0 radical (unpaired) electrons. The lowest BCUT2D eigenvalue weighted by molar-refractivity contribution is -0.138. The summed E-state index contributed by atoms with van der Waals surface area (Å²) in [5, 5.41) is 18.9. The van der Waals surface area contributed by atoms with Gasteiger partial charge in [0.05, 0.1) is 11.4 Å². The van der Waals surface area contributed by atoms with Crippen LogP contribution in [-0.4, -0.2) is 42.1 Å². The highest BCUT2D eigenvalue weighted by Crippen LogP contribution is 2.42. The van der Waals surface area contributed by atoms with Crippen LogP contribution >= 0.6 is 0 Å². The summed E-state index contributed by atoms with van der Waals surface area (Å²) in [5.74, 6) is -1.56. The second-order valence-electron chi connectivity index (χ2n) is 12.0. The van der Waals surface area contributed by atoms with Crippen LogP contribution in [0.3, 0.4) is 0 Å². The van der Waals surface area contributed by atoms with Crippen molar-refractivity contribution in [2.24, 2.45) is 0 Å². The Kier molecular flexibility index (Phi) is 7.14. The summed E-state index contributed by atoms with van der Waals surface area (Å²) in [4.78, 5) is 40.2. The Morgan fingerprint density at radius 1 is 0.756 bits per heavy atom. The third-order valence-electron chi connectivity index (χ3n) is 9.22. The number of nitrogens with zero attached hydrogens (tertiary/aromatic N) is 2.